The third-order valence-corrected chi connectivity index (χ3v) is 3.60. The van der Waals surface area contributed by atoms with E-state index < -0.39 is 0 Å². The first kappa shape index (κ1) is 18.6. The summed E-state index contributed by atoms with van der Waals surface area (Å²) in [5, 5.41) is 3.05. The third-order valence-electron chi connectivity index (χ3n) is 3.60. The van der Waals surface area contributed by atoms with Gasteiger partial charge < -0.3 is 25.3 Å². The molecule has 0 aromatic heterocycles. The Hall–Kier alpha value is -2.73. The number of nitrogens with two attached hydrogens (primary N) is 1. The van der Waals surface area contributed by atoms with Gasteiger partial charge in [0, 0.05) is 12.7 Å². The molecule has 0 aliphatic carbocycles. The summed E-state index contributed by atoms with van der Waals surface area (Å²) in [6, 6.07) is 13.6. The predicted molar refractivity (Wildman–Crippen MR) is 100 cm³/mol. The number of aliphatic imine (C=N–C) groups is 1. The Balaban J connectivity index is 1.99. The Morgan fingerprint density at radius 2 is 1.76 bits per heavy atom. The van der Waals surface area contributed by atoms with Gasteiger partial charge in [0.05, 0.1) is 33.1 Å². The van der Waals surface area contributed by atoms with Crippen LogP contribution in [0.15, 0.2) is 47.5 Å². The predicted octanol–water partition coefficient (Wildman–Crippen LogP) is 3.17. The molecule has 0 spiro atoms. The van der Waals surface area contributed by atoms with Gasteiger partial charge in [0.25, 0.3) is 0 Å². The van der Waals surface area contributed by atoms with Crippen LogP contribution >= 0.6 is 0 Å². The number of rotatable bonds is 8. The van der Waals surface area contributed by atoms with Crippen molar-refractivity contribution in [2.24, 2.45) is 10.7 Å². The summed E-state index contributed by atoms with van der Waals surface area (Å²) in [5.41, 5.74) is 8.90. The minimum atomic E-state index is 0.310. The molecule has 0 atom stereocenters. The number of methoxy groups -OCH3 is 2. The van der Waals surface area contributed by atoms with Crippen LogP contribution in [0, 0.1) is 0 Å². The number of hydrogen-bond acceptors (Lipinski definition) is 4. The maximum absolute atomic E-state index is 5.99. The van der Waals surface area contributed by atoms with Gasteiger partial charge in [0.1, 0.15) is 11.5 Å². The van der Waals surface area contributed by atoms with Crippen molar-refractivity contribution in [3.8, 4) is 11.5 Å². The Morgan fingerprint density at radius 1 is 1.04 bits per heavy atom. The van der Waals surface area contributed by atoms with E-state index in [-0.39, 0.29) is 0 Å². The summed E-state index contributed by atoms with van der Waals surface area (Å²) in [4.78, 5) is 4.37. The van der Waals surface area contributed by atoms with Gasteiger partial charge in [-0.25, -0.2) is 4.99 Å². The highest BCUT2D eigenvalue weighted by molar-refractivity contribution is 5.94. The molecule has 0 saturated heterocycles. The lowest BCUT2D eigenvalue weighted by Crippen LogP contribution is -2.23. The van der Waals surface area contributed by atoms with E-state index in [2.05, 4.69) is 10.3 Å². The van der Waals surface area contributed by atoms with Crippen LogP contribution in [0.3, 0.4) is 0 Å². The standard InChI is InChI=1S/C19H25N3O3/c1-4-25-13-15-7-5-14(6-8-15)12-21-19(20)22-17-11-16(23-2)9-10-18(17)24-3/h5-11H,4,12-13H2,1-3H3,(H3,20,21,22). The summed E-state index contributed by atoms with van der Waals surface area (Å²) in [6.07, 6.45) is 0. The van der Waals surface area contributed by atoms with Gasteiger partial charge in [-0.1, -0.05) is 24.3 Å². The summed E-state index contributed by atoms with van der Waals surface area (Å²) < 4.78 is 15.9. The topological polar surface area (TPSA) is 78.1 Å². The van der Waals surface area contributed by atoms with Gasteiger partial charge in [-0.2, -0.15) is 0 Å². The van der Waals surface area contributed by atoms with Gasteiger partial charge in [0.15, 0.2) is 5.96 Å². The fourth-order valence-corrected chi connectivity index (χ4v) is 2.23. The number of benzene rings is 2. The van der Waals surface area contributed by atoms with Crippen molar-refractivity contribution < 1.29 is 14.2 Å². The molecule has 2 aromatic rings. The van der Waals surface area contributed by atoms with Crippen LogP contribution in [-0.4, -0.2) is 26.8 Å². The summed E-state index contributed by atoms with van der Waals surface area (Å²) in [7, 11) is 3.21. The number of nitrogens with zero attached hydrogens (tertiary/aromatic N) is 1. The lowest BCUT2D eigenvalue weighted by molar-refractivity contribution is 0.134. The van der Waals surface area contributed by atoms with Crippen LogP contribution in [0.25, 0.3) is 0 Å². The van der Waals surface area contributed by atoms with Gasteiger partial charge in [-0.15, -0.1) is 0 Å². The van der Waals surface area contributed by atoms with E-state index >= 15 is 0 Å². The average molecular weight is 343 g/mol. The summed E-state index contributed by atoms with van der Waals surface area (Å²) in [5.74, 6) is 1.69. The molecule has 2 aromatic carbocycles. The number of ether oxygens (including phenoxy) is 3. The largest absolute Gasteiger partial charge is 0.497 e. The zero-order valence-electron chi connectivity index (χ0n) is 14.9. The maximum atomic E-state index is 5.99. The Kier molecular flexibility index (Phi) is 7.10. The summed E-state index contributed by atoms with van der Waals surface area (Å²) >= 11 is 0. The van der Waals surface area contributed by atoms with E-state index in [9.17, 15) is 0 Å². The SMILES string of the molecule is CCOCc1ccc(CN=C(N)Nc2cc(OC)ccc2OC)cc1. The first-order valence-electron chi connectivity index (χ1n) is 8.10. The van der Waals surface area contributed by atoms with E-state index in [0.717, 1.165) is 11.1 Å². The Bertz CT molecular complexity index is 700. The molecular weight excluding hydrogens is 318 g/mol. The second-order valence-corrected chi connectivity index (χ2v) is 5.35. The van der Waals surface area contributed by atoms with E-state index in [1.165, 1.54) is 0 Å². The lowest BCUT2D eigenvalue weighted by Gasteiger charge is -2.12. The Morgan fingerprint density at radius 3 is 2.40 bits per heavy atom. The highest BCUT2D eigenvalue weighted by atomic mass is 16.5. The van der Waals surface area contributed by atoms with Crippen LogP contribution in [0.1, 0.15) is 18.1 Å². The molecule has 134 valence electrons. The number of anilines is 1. The van der Waals surface area contributed by atoms with Crippen molar-refractivity contribution in [3.05, 3.63) is 53.6 Å². The molecule has 0 radical (unpaired) electrons. The molecule has 0 unspecified atom stereocenters. The highest BCUT2D eigenvalue weighted by Gasteiger charge is 2.06. The summed E-state index contributed by atoms with van der Waals surface area (Å²) in [6.45, 7) is 3.80. The second-order valence-electron chi connectivity index (χ2n) is 5.35. The van der Waals surface area contributed by atoms with Gasteiger partial charge in [-0.3, -0.25) is 0 Å². The van der Waals surface area contributed by atoms with Crippen LogP contribution in [0.5, 0.6) is 11.5 Å². The molecule has 0 fully saturated rings. The second kappa shape index (κ2) is 9.54. The van der Waals surface area contributed by atoms with Crippen LogP contribution in [0.4, 0.5) is 5.69 Å². The van der Waals surface area contributed by atoms with Crippen LogP contribution in [0.2, 0.25) is 0 Å². The van der Waals surface area contributed by atoms with Crippen molar-refractivity contribution in [2.75, 3.05) is 26.1 Å². The molecule has 0 aliphatic heterocycles. The number of hydrogen-bond donors (Lipinski definition) is 2. The van der Waals surface area contributed by atoms with Crippen molar-refractivity contribution in [1.82, 2.24) is 0 Å². The minimum absolute atomic E-state index is 0.310. The fourth-order valence-electron chi connectivity index (χ4n) is 2.23. The van der Waals surface area contributed by atoms with Gasteiger partial charge in [-0.05, 0) is 30.2 Å². The van der Waals surface area contributed by atoms with Crippen LogP contribution in [-0.2, 0) is 17.9 Å². The molecule has 0 saturated carbocycles. The average Bonchev–Trinajstić information content (AvgIpc) is 2.65. The number of nitrogens with one attached hydrogen (secondary N) is 1. The molecular formula is C19H25N3O3. The van der Waals surface area contributed by atoms with Crippen molar-refractivity contribution in [2.45, 2.75) is 20.1 Å². The fraction of sp³-hybridized carbons (Fsp3) is 0.316. The zero-order valence-corrected chi connectivity index (χ0v) is 14.9. The third kappa shape index (κ3) is 5.69. The first-order chi connectivity index (χ1) is 12.2. The molecule has 6 nitrogen and oxygen atoms in total. The Labute approximate surface area is 148 Å². The van der Waals surface area contributed by atoms with Gasteiger partial charge >= 0.3 is 0 Å². The molecule has 2 rings (SSSR count). The van der Waals surface area contributed by atoms with Crippen molar-refractivity contribution in [3.63, 3.8) is 0 Å². The maximum Gasteiger partial charge on any atom is 0.193 e. The molecule has 0 amide bonds. The first-order valence-corrected chi connectivity index (χ1v) is 8.10. The molecule has 6 heteroatoms. The molecule has 0 bridgehead atoms. The monoisotopic (exact) mass is 343 g/mol. The highest BCUT2D eigenvalue weighted by Crippen LogP contribution is 2.28. The number of guanidine groups is 1. The van der Waals surface area contributed by atoms with Crippen molar-refractivity contribution in [1.29, 1.82) is 0 Å². The normalized spacial score (nSPS) is 11.2. The molecule has 0 aliphatic rings. The van der Waals surface area contributed by atoms with Gasteiger partial charge in [0.2, 0.25) is 0 Å². The smallest absolute Gasteiger partial charge is 0.193 e. The van der Waals surface area contributed by atoms with Crippen molar-refractivity contribution >= 4 is 11.6 Å². The van der Waals surface area contributed by atoms with E-state index in [4.69, 9.17) is 19.9 Å². The van der Waals surface area contributed by atoms with E-state index in [1.54, 1.807) is 14.2 Å². The molecule has 25 heavy (non-hydrogen) atoms. The quantitative estimate of drug-likeness (QED) is 0.569. The lowest BCUT2D eigenvalue weighted by atomic mass is 10.1. The molecule has 3 N–H and O–H groups in total. The zero-order chi connectivity index (χ0) is 18.1. The van der Waals surface area contributed by atoms with E-state index in [1.807, 2.05) is 49.4 Å². The molecule has 0 heterocycles. The van der Waals surface area contributed by atoms with Crippen LogP contribution < -0.4 is 20.5 Å². The minimum Gasteiger partial charge on any atom is -0.497 e. The van der Waals surface area contributed by atoms with E-state index in [0.29, 0.717) is 42.9 Å².